The number of nitrogens with zero attached hydrogens (tertiary/aromatic N) is 1. The molecule has 2 fully saturated rings. The van der Waals surface area contributed by atoms with Crippen molar-refractivity contribution < 1.29 is 45.8 Å². The molecule has 11 heteroatoms. The molecule has 3 aliphatic rings. The molecule has 2 aromatic carbocycles. The molecule has 5 nitrogen and oxygen atoms in total. The fourth-order valence-corrected chi connectivity index (χ4v) is 6.89. The number of carbonyl (C=O) groups is 2. The van der Waals surface area contributed by atoms with E-state index in [0.29, 0.717) is 36.3 Å². The molecule has 5 rings (SSSR count). The second-order valence-electron chi connectivity index (χ2n) is 11.6. The molecular formula is C33H33F6NO4. The normalized spacial score (nSPS) is 24.3. The van der Waals surface area contributed by atoms with Crippen molar-refractivity contribution in [3.05, 3.63) is 75.9 Å². The summed E-state index contributed by atoms with van der Waals surface area (Å²) in [6, 6.07) is 7.77. The Balaban J connectivity index is 1.42. The minimum absolute atomic E-state index is 0.0202. The van der Waals surface area contributed by atoms with E-state index in [1.54, 1.807) is 18.2 Å². The first-order valence-electron chi connectivity index (χ1n) is 14.7. The Kier molecular flexibility index (Phi) is 8.72. The summed E-state index contributed by atoms with van der Waals surface area (Å²) in [5, 5.41) is 9.84. The third-order valence-electron chi connectivity index (χ3n) is 8.81. The van der Waals surface area contributed by atoms with Gasteiger partial charge in [-0.25, -0.2) is 4.90 Å². The maximum Gasteiger partial charge on any atom is 0.416 e. The quantitative estimate of drug-likeness (QED) is 0.183. The summed E-state index contributed by atoms with van der Waals surface area (Å²) in [7, 11) is 0. The predicted molar refractivity (Wildman–Crippen MR) is 151 cm³/mol. The lowest BCUT2D eigenvalue weighted by molar-refractivity contribution is -0.143. The van der Waals surface area contributed by atoms with Crippen molar-refractivity contribution in [1.29, 1.82) is 0 Å². The van der Waals surface area contributed by atoms with E-state index in [0.717, 1.165) is 35.1 Å². The summed E-state index contributed by atoms with van der Waals surface area (Å²) in [6.07, 6.45) is -4.75. The minimum Gasteiger partial charge on any atom is -0.508 e. The van der Waals surface area contributed by atoms with Crippen LogP contribution in [0.1, 0.15) is 69.1 Å². The zero-order valence-electron chi connectivity index (χ0n) is 24.3. The number of anilines is 1. The standard InChI is InChI=1S/C33H33F6NO4/c1-3-6-18(11-19-7-5-8-24(41)12-19)9-10-27-28-20(4-2)13-25-29(26(28)17-44-27)31(43)40(30(25)42)23-15-21(32(34,35)36)14-22(16-23)33(37,38)39/h5,7-8,11-12,14-16,25-27,29,41H,3-4,6,9-10,13,17H2,1-2H3/b18-11+/t25-,26+,27-,29-/m1/s1. The van der Waals surface area contributed by atoms with Crippen molar-refractivity contribution >= 4 is 23.6 Å². The van der Waals surface area contributed by atoms with Gasteiger partial charge in [-0.2, -0.15) is 26.3 Å². The maximum absolute atomic E-state index is 13.7. The molecule has 2 saturated heterocycles. The van der Waals surface area contributed by atoms with Crippen LogP contribution >= 0.6 is 0 Å². The minimum atomic E-state index is -5.11. The van der Waals surface area contributed by atoms with Crippen molar-refractivity contribution in [2.75, 3.05) is 11.5 Å². The lowest BCUT2D eigenvalue weighted by Gasteiger charge is -2.31. The summed E-state index contributed by atoms with van der Waals surface area (Å²) >= 11 is 0. The zero-order chi connectivity index (χ0) is 32.0. The molecule has 2 amide bonds. The molecule has 0 radical (unpaired) electrons. The van der Waals surface area contributed by atoms with Gasteiger partial charge in [0.25, 0.3) is 0 Å². The summed E-state index contributed by atoms with van der Waals surface area (Å²) in [6.45, 7) is 4.11. The van der Waals surface area contributed by atoms with E-state index in [1.807, 2.05) is 19.1 Å². The number of carbonyl (C=O) groups excluding carboxylic acids is 2. The number of rotatable bonds is 8. The van der Waals surface area contributed by atoms with Crippen molar-refractivity contribution in [2.24, 2.45) is 17.8 Å². The Hall–Kier alpha value is -3.60. The number of benzene rings is 2. The van der Waals surface area contributed by atoms with Crippen LogP contribution in [0.2, 0.25) is 0 Å². The van der Waals surface area contributed by atoms with Gasteiger partial charge in [0.15, 0.2) is 0 Å². The Labute approximate surface area is 251 Å². The molecule has 0 saturated carbocycles. The van der Waals surface area contributed by atoms with Gasteiger partial charge >= 0.3 is 12.4 Å². The molecule has 2 heterocycles. The van der Waals surface area contributed by atoms with Gasteiger partial charge in [0.2, 0.25) is 11.8 Å². The lowest BCUT2D eigenvalue weighted by atomic mass is 9.69. The molecule has 2 aromatic rings. The number of amides is 2. The van der Waals surface area contributed by atoms with Crippen LogP contribution in [-0.4, -0.2) is 29.6 Å². The van der Waals surface area contributed by atoms with Gasteiger partial charge in [-0.15, -0.1) is 0 Å². The highest BCUT2D eigenvalue weighted by Gasteiger charge is 2.57. The average molecular weight is 622 g/mol. The van der Waals surface area contributed by atoms with Gasteiger partial charge in [-0.05, 0) is 73.6 Å². The second-order valence-corrected chi connectivity index (χ2v) is 11.6. The fraction of sp³-hybridized carbons (Fsp3) is 0.455. The van der Waals surface area contributed by atoms with Crippen LogP contribution in [0.15, 0.2) is 59.2 Å². The van der Waals surface area contributed by atoms with E-state index in [9.17, 15) is 41.0 Å². The summed E-state index contributed by atoms with van der Waals surface area (Å²) in [4.78, 5) is 27.8. The van der Waals surface area contributed by atoms with E-state index < -0.39 is 58.7 Å². The van der Waals surface area contributed by atoms with Crippen LogP contribution in [0.4, 0.5) is 32.0 Å². The van der Waals surface area contributed by atoms with Crippen molar-refractivity contribution in [2.45, 2.75) is 70.8 Å². The molecule has 0 bridgehead atoms. The van der Waals surface area contributed by atoms with E-state index in [-0.39, 0.29) is 30.9 Å². The van der Waals surface area contributed by atoms with Crippen LogP contribution in [-0.2, 0) is 26.7 Å². The van der Waals surface area contributed by atoms with Crippen LogP contribution < -0.4 is 4.90 Å². The number of alkyl halides is 6. The highest BCUT2D eigenvalue weighted by atomic mass is 19.4. The number of hydrogen-bond donors (Lipinski definition) is 1. The Bertz CT molecular complexity index is 1480. The van der Waals surface area contributed by atoms with Crippen LogP contribution in [0.5, 0.6) is 5.75 Å². The molecule has 0 aromatic heterocycles. The molecule has 4 atom stereocenters. The molecule has 0 spiro atoms. The molecule has 236 valence electrons. The number of halogens is 6. The second kappa shape index (κ2) is 12.1. The largest absolute Gasteiger partial charge is 0.508 e. The van der Waals surface area contributed by atoms with Crippen molar-refractivity contribution in [3.63, 3.8) is 0 Å². The summed E-state index contributed by atoms with van der Waals surface area (Å²) < 4.78 is 87.5. The molecule has 44 heavy (non-hydrogen) atoms. The van der Waals surface area contributed by atoms with Crippen LogP contribution in [0.25, 0.3) is 6.08 Å². The van der Waals surface area contributed by atoms with E-state index in [4.69, 9.17) is 4.74 Å². The third kappa shape index (κ3) is 6.16. The predicted octanol–water partition coefficient (Wildman–Crippen LogP) is 8.32. The van der Waals surface area contributed by atoms with E-state index in [2.05, 4.69) is 6.92 Å². The molecule has 2 aliphatic heterocycles. The Morgan fingerprint density at radius 2 is 1.64 bits per heavy atom. The molecule has 1 aliphatic carbocycles. The number of aromatic hydroxyl groups is 1. The van der Waals surface area contributed by atoms with Crippen LogP contribution in [0, 0.1) is 17.8 Å². The maximum atomic E-state index is 13.7. The van der Waals surface area contributed by atoms with Crippen molar-refractivity contribution in [3.8, 4) is 5.75 Å². The van der Waals surface area contributed by atoms with Crippen LogP contribution in [0.3, 0.4) is 0 Å². The van der Waals surface area contributed by atoms with Crippen molar-refractivity contribution in [1.82, 2.24) is 0 Å². The Morgan fingerprint density at radius 3 is 2.23 bits per heavy atom. The monoisotopic (exact) mass is 621 g/mol. The van der Waals surface area contributed by atoms with Gasteiger partial charge in [0.05, 0.1) is 41.4 Å². The fourth-order valence-electron chi connectivity index (χ4n) is 6.89. The van der Waals surface area contributed by atoms with Gasteiger partial charge in [-0.1, -0.05) is 49.6 Å². The first-order chi connectivity index (χ1) is 20.7. The number of phenols is 1. The first kappa shape index (κ1) is 31.8. The van der Waals surface area contributed by atoms with E-state index >= 15 is 0 Å². The van der Waals surface area contributed by atoms with Gasteiger partial charge < -0.3 is 9.84 Å². The Morgan fingerprint density at radius 1 is 0.955 bits per heavy atom. The molecule has 0 unspecified atom stereocenters. The SMILES string of the molecule is CCC/C(=C\c1cccc(O)c1)CC[C@H]1OC[C@H]2C1=C(CC)C[C@H]1C(=O)N(c3cc(C(F)(F)F)cc(C(F)(F)F)c3)C(=O)[C@H]12. The number of hydrogen-bond acceptors (Lipinski definition) is 4. The lowest BCUT2D eigenvalue weighted by Crippen LogP contribution is -2.34. The highest BCUT2D eigenvalue weighted by Crippen LogP contribution is 2.52. The number of imide groups is 1. The first-order valence-corrected chi connectivity index (χ1v) is 14.7. The van der Waals surface area contributed by atoms with Gasteiger partial charge in [-0.3, -0.25) is 9.59 Å². The molecular weight excluding hydrogens is 588 g/mol. The average Bonchev–Trinajstić information content (AvgIpc) is 3.48. The smallest absolute Gasteiger partial charge is 0.416 e. The van der Waals surface area contributed by atoms with Gasteiger partial charge in [0, 0.05) is 5.92 Å². The third-order valence-corrected chi connectivity index (χ3v) is 8.81. The summed E-state index contributed by atoms with van der Waals surface area (Å²) in [5.74, 6) is -3.74. The number of fused-ring (bicyclic) bond motifs is 3. The zero-order valence-corrected chi connectivity index (χ0v) is 24.3. The number of allylic oxidation sites excluding steroid dienone is 2. The number of ether oxygens (including phenoxy) is 1. The number of phenolic OH excluding ortho intramolecular Hbond substituents is 1. The topological polar surface area (TPSA) is 66.8 Å². The summed E-state index contributed by atoms with van der Waals surface area (Å²) in [5.41, 5.74) is -0.0194. The molecule has 1 N–H and O–H groups in total. The van der Waals surface area contributed by atoms with Gasteiger partial charge in [0.1, 0.15) is 5.75 Å². The van der Waals surface area contributed by atoms with E-state index in [1.165, 1.54) is 0 Å². The highest BCUT2D eigenvalue weighted by molar-refractivity contribution is 6.22.